The summed E-state index contributed by atoms with van der Waals surface area (Å²) >= 11 is 0. The Labute approximate surface area is 103 Å². The van der Waals surface area contributed by atoms with E-state index < -0.39 is 0 Å². The Morgan fingerprint density at radius 3 is 2.53 bits per heavy atom. The molecular formula is C13H21N3O. The van der Waals surface area contributed by atoms with Crippen LogP contribution in [0.4, 0.5) is 4.79 Å². The fourth-order valence-electron chi connectivity index (χ4n) is 2.58. The Morgan fingerprint density at radius 1 is 1.41 bits per heavy atom. The van der Waals surface area contributed by atoms with E-state index in [1.165, 1.54) is 25.7 Å². The fourth-order valence-corrected chi connectivity index (χ4v) is 2.58. The second-order valence-electron chi connectivity index (χ2n) is 5.49. The van der Waals surface area contributed by atoms with E-state index in [0.717, 1.165) is 11.5 Å². The van der Waals surface area contributed by atoms with Crippen molar-refractivity contribution >= 4 is 6.03 Å². The third-order valence-corrected chi connectivity index (χ3v) is 3.80. The fraction of sp³-hybridized carbons (Fsp3) is 0.692. The third kappa shape index (κ3) is 2.08. The van der Waals surface area contributed by atoms with Crippen LogP contribution in [-0.2, 0) is 5.41 Å². The van der Waals surface area contributed by atoms with Gasteiger partial charge in [-0.25, -0.2) is 9.78 Å². The first-order chi connectivity index (χ1) is 7.94. The van der Waals surface area contributed by atoms with Gasteiger partial charge in [0.15, 0.2) is 0 Å². The Morgan fingerprint density at radius 2 is 2.00 bits per heavy atom. The van der Waals surface area contributed by atoms with Crippen LogP contribution in [0.5, 0.6) is 0 Å². The Hall–Kier alpha value is -1.32. The number of nitrogens with zero attached hydrogens (tertiary/aromatic N) is 3. The zero-order valence-electron chi connectivity index (χ0n) is 11.2. The molecular weight excluding hydrogens is 214 g/mol. The molecule has 4 nitrogen and oxygen atoms in total. The lowest BCUT2D eigenvalue weighted by Gasteiger charge is -2.20. The average molecular weight is 235 g/mol. The first kappa shape index (κ1) is 12.1. The molecule has 0 aliphatic heterocycles. The van der Waals surface area contributed by atoms with Crippen LogP contribution in [0.1, 0.15) is 44.1 Å². The molecule has 1 heterocycles. The molecule has 1 aromatic rings. The zero-order valence-corrected chi connectivity index (χ0v) is 11.2. The predicted octanol–water partition coefficient (Wildman–Crippen LogP) is 2.55. The molecule has 0 N–H and O–H groups in total. The molecule has 1 aliphatic carbocycles. The van der Waals surface area contributed by atoms with Crippen molar-refractivity contribution in [3.05, 3.63) is 17.7 Å². The second kappa shape index (κ2) is 4.17. The van der Waals surface area contributed by atoms with Crippen LogP contribution < -0.4 is 0 Å². The van der Waals surface area contributed by atoms with Crippen LogP contribution in [0.2, 0.25) is 0 Å². The number of rotatable bonds is 1. The minimum atomic E-state index is -0.0251. The van der Waals surface area contributed by atoms with E-state index in [-0.39, 0.29) is 11.4 Å². The number of carbonyl (C=O) groups excluding carboxylic acids is 1. The number of carbonyl (C=O) groups is 1. The highest BCUT2D eigenvalue weighted by Crippen LogP contribution is 2.39. The van der Waals surface area contributed by atoms with E-state index in [4.69, 9.17) is 0 Å². The zero-order chi connectivity index (χ0) is 12.6. The molecule has 0 radical (unpaired) electrons. The van der Waals surface area contributed by atoms with Crippen LogP contribution in [0, 0.1) is 6.92 Å². The van der Waals surface area contributed by atoms with Crippen molar-refractivity contribution < 1.29 is 4.79 Å². The Balaban J connectivity index is 2.33. The standard InChI is InChI=1S/C13H21N3O/c1-10-14-11(13(2)7-5-6-8-13)9-16(10)12(17)15(3)4/h9H,5-8H2,1-4H3. The van der Waals surface area contributed by atoms with E-state index in [1.807, 2.05) is 13.1 Å². The molecule has 1 fully saturated rings. The molecule has 1 saturated carbocycles. The molecule has 1 aliphatic rings. The molecule has 2 rings (SSSR count). The SMILES string of the molecule is Cc1nc(C2(C)CCCC2)cn1C(=O)N(C)C. The highest BCUT2D eigenvalue weighted by atomic mass is 16.2. The van der Waals surface area contributed by atoms with E-state index in [2.05, 4.69) is 11.9 Å². The van der Waals surface area contributed by atoms with Crippen molar-refractivity contribution in [2.45, 2.75) is 44.9 Å². The monoisotopic (exact) mass is 235 g/mol. The van der Waals surface area contributed by atoms with Gasteiger partial charge in [-0.2, -0.15) is 0 Å². The van der Waals surface area contributed by atoms with Gasteiger partial charge in [-0.1, -0.05) is 19.8 Å². The summed E-state index contributed by atoms with van der Waals surface area (Å²) in [6.07, 6.45) is 6.82. The lowest BCUT2D eigenvalue weighted by atomic mass is 9.86. The molecule has 4 heteroatoms. The summed E-state index contributed by atoms with van der Waals surface area (Å²) in [5.41, 5.74) is 1.24. The highest BCUT2D eigenvalue weighted by Gasteiger charge is 2.33. The quantitative estimate of drug-likeness (QED) is 0.750. The van der Waals surface area contributed by atoms with Gasteiger partial charge in [-0.05, 0) is 19.8 Å². The van der Waals surface area contributed by atoms with Gasteiger partial charge in [-0.15, -0.1) is 0 Å². The maximum atomic E-state index is 11.9. The summed E-state index contributed by atoms with van der Waals surface area (Å²) in [6.45, 7) is 4.15. The summed E-state index contributed by atoms with van der Waals surface area (Å²) in [5, 5.41) is 0. The number of hydrogen-bond donors (Lipinski definition) is 0. The van der Waals surface area contributed by atoms with E-state index in [9.17, 15) is 4.79 Å². The Bertz CT molecular complexity index is 428. The van der Waals surface area contributed by atoms with Crippen molar-refractivity contribution in [1.82, 2.24) is 14.5 Å². The van der Waals surface area contributed by atoms with E-state index in [0.29, 0.717) is 0 Å². The normalized spacial score (nSPS) is 18.4. The van der Waals surface area contributed by atoms with Crippen LogP contribution in [0.25, 0.3) is 0 Å². The lowest BCUT2D eigenvalue weighted by molar-refractivity contribution is 0.218. The van der Waals surface area contributed by atoms with Gasteiger partial charge < -0.3 is 4.90 Å². The number of aryl methyl sites for hydroxylation is 1. The molecule has 17 heavy (non-hydrogen) atoms. The lowest BCUT2D eigenvalue weighted by Crippen LogP contribution is -2.27. The Kier molecular flexibility index (Phi) is 2.98. The summed E-state index contributed by atoms with van der Waals surface area (Å²) in [5.74, 6) is 0.784. The van der Waals surface area contributed by atoms with E-state index >= 15 is 0 Å². The van der Waals surface area contributed by atoms with Crippen molar-refractivity contribution in [2.75, 3.05) is 14.1 Å². The predicted molar refractivity (Wildman–Crippen MR) is 67.3 cm³/mol. The van der Waals surface area contributed by atoms with Gasteiger partial charge in [0.05, 0.1) is 5.69 Å². The molecule has 1 amide bonds. The number of aromatic nitrogens is 2. The molecule has 0 bridgehead atoms. The number of hydrogen-bond acceptors (Lipinski definition) is 2. The van der Waals surface area contributed by atoms with E-state index in [1.54, 1.807) is 23.6 Å². The minimum absolute atomic E-state index is 0.0251. The van der Waals surface area contributed by atoms with Crippen LogP contribution in [0.3, 0.4) is 0 Å². The molecule has 0 saturated heterocycles. The van der Waals surface area contributed by atoms with Gasteiger partial charge in [-0.3, -0.25) is 4.57 Å². The van der Waals surface area contributed by atoms with Crippen molar-refractivity contribution in [3.63, 3.8) is 0 Å². The number of imidazole rings is 1. The van der Waals surface area contributed by atoms with Gasteiger partial charge in [0, 0.05) is 25.7 Å². The smallest absolute Gasteiger partial charge is 0.329 e. The molecule has 0 spiro atoms. The molecule has 1 aromatic heterocycles. The first-order valence-electron chi connectivity index (χ1n) is 6.22. The van der Waals surface area contributed by atoms with Crippen molar-refractivity contribution in [3.8, 4) is 0 Å². The second-order valence-corrected chi connectivity index (χ2v) is 5.49. The summed E-state index contributed by atoms with van der Waals surface area (Å²) in [4.78, 5) is 18.1. The van der Waals surface area contributed by atoms with Crippen LogP contribution >= 0.6 is 0 Å². The summed E-state index contributed by atoms with van der Waals surface area (Å²) in [6, 6.07) is -0.0251. The van der Waals surface area contributed by atoms with Gasteiger partial charge in [0.1, 0.15) is 5.82 Å². The van der Waals surface area contributed by atoms with Gasteiger partial charge in [0.25, 0.3) is 0 Å². The van der Waals surface area contributed by atoms with Crippen molar-refractivity contribution in [1.29, 1.82) is 0 Å². The molecule has 0 unspecified atom stereocenters. The highest BCUT2D eigenvalue weighted by molar-refractivity contribution is 5.77. The number of amides is 1. The maximum absolute atomic E-state index is 11.9. The summed E-state index contributed by atoms with van der Waals surface area (Å²) in [7, 11) is 3.53. The first-order valence-corrected chi connectivity index (χ1v) is 6.22. The molecule has 0 aromatic carbocycles. The van der Waals surface area contributed by atoms with Crippen molar-refractivity contribution in [2.24, 2.45) is 0 Å². The van der Waals surface area contributed by atoms with Crippen LogP contribution in [-0.4, -0.2) is 34.6 Å². The molecule has 94 valence electrons. The minimum Gasteiger partial charge on any atom is -0.330 e. The van der Waals surface area contributed by atoms with Gasteiger partial charge >= 0.3 is 6.03 Å². The maximum Gasteiger partial charge on any atom is 0.329 e. The topological polar surface area (TPSA) is 38.1 Å². The largest absolute Gasteiger partial charge is 0.330 e. The summed E-state index contributed by atoms with van der Waals surface area (Å²) < 4.78 is 1.65. The average Bonchev–Trinajstić information content (AvgIpc) is 2.85. The van der Waals surface area contributed by atoms with Gasteiger partial charge in [0.2, 0.25) is 0 Å². The third-order valence-electron chi connectivity index (χ3n) is 3.80. The van der Waals surface area contributed by atoms with Crippen LogP contribution in [0.15, 0.2) is 6.20 Å². The molecule has 0 atom stereocenters.